The topological polar surface area (TPSA) is 114 Å². The third kappa shape index (κ3) is 5.87. The number of imide groups is 2. The van der Waals surface area contributed by atoms with Crippen molar-refractivity contribution in [3.8, 4) is 11.5 Å². The maximum atomic E-state index is 13.8. The van der Waals surface area contributed by atoms with Gasteiger partial charge in [-0.1, -0.05) is 41.4 Å². The molecule has 1 heterocycles. The quantitative estimate of drug-likeness (QED) is 0.300. The van der Waals surface area contributed by atoms with E-state index in [1.165, 1.54) is 49.6 Å². The Balaban J connectivity index is 1.58. The molecule has 0 radical (unpaired) electrons. The Labute approximate surface area is 232 Å². The summed E-state index contributed by atoms with van der Waals surface area (Å²) in [6, 6.07) is 12.3. The zero-order chi connectivity index (χ0) is 28.3. The van der Waals surface area contributed by atoms with Gasteiger partial charge in [-0.25, -0.2) is 14.1 Å². The Morgan fingerprint density at radius 3 is 2.54 bits per heavy atom. The number of nitrogens with zero attached hydrogens (tertiary/aromatic N) is 1. The Bertz CT molecular complexity index is 1540. The average Bonchev–Trinajstić information content (AvgIpc) is 2.89. The number of rotatable bonds is 7. The zero-order valence-corrected chi connectivity index (χ0v) is 22.0. The lowest BCUT2D eigenvalue weighted by Gasteiger charge is -2.27. The fourth-order valence-corrected chi connectivity index (χ4v) is 4.17. The highest BCUT2D eigenvalue weighted by Gasteiger charge is 2.37. The average molecular weight is 572 g/mol. The van der Waals surface area contributed by atoms with Crippen molar-refractivity contribution in [3.63, 3.8) is 0 Å². The molecule has 1 fully saturated rings. The molecule has 0 spiro atoms. The molecule has 0 unspecified atom stereocenters. The molecular formula is C27H20Cl2FN3O6. The number of amides is 5. The normalized spacial score (nSPS) is 14.3. The third-order valence-corrected chi connectivity index (χ3v) is 6.33. The van der Waals surface area contributed by atoms with Gasteiger partial charge in [0.1, 0.15) is 11.4 Å². The van der Waals surface area contributed by atoms with Crippen molar-refractivity contribution in [1.82, 2.24) is 5.32 Å². The van der Waals surface area contributed by atoms with E-state index in [2.05, 4.69) is 10.6 Å². The van der Waals surface area contributed by atoms with Crippen LogP contribution >= 0.6 is 23.2 Å². The third-order valence-electron chi connectivity index (χ3n) is 5.64. The van der Waals surface area contributed by atoms with E-state index >= 15 is 0 Å². The first-order valence-corrected chi connectivity index (χ1v) is 12.1. The summed E-state index contributed by atoms with van der Waals surface area (Å²) in [5.74, 6) is -2.91. The largest absolute Gasteiger partial charge is 0.493 e. The first kappa shape index (κ1) is 27.6. The van der Waals surface area contributed by atoms with Crippen LogP contribution in [0.2, 0.25) is 10.0 Å². The van der Waals surface area contributed by atoms with Crippen LogP contribution in [0.25, 0.3) is 6.08 Å². The van der Waals surface area contributed by atoms with E-state index in [1.807, 2.05) is 0 Å². The summed E-state index contributed by atoms with van der Waals surface area (Å²) in [7, 11) is 1.33. The van der Waals surface area contributed by atoms with Gasteiger partial charge in [0.05, 0.1) is 23.5 Å². The molecule has 1 aliphatic heterocycles. The molecule has 3 aromatic carbocycles. The van der Waals surface area contributed by atoms with E-state index in [0.29, 0.717) is 10.6 Å². The minimum atomic E-state index is -0.916. The summed E-state index contributed by atoms with van der Waals surface area (Å²) in [6.45, 7) is 1.12. The van der Waals surface area contributed by atoms with E-state index in [1.54, 1.807) is 25.1 Å². The maximum absolute atomic E-state index is 13.8. The molecule has 2 N–H and O–H groups in total. The lowest BCUT2D eigenvalue weighted by molar-refractivity contribution is -0.122. The number of hydrogen-bond acceptors (Lipinski definition) is 6. The minimum absolute atomic E-state index is 0.00202. The Kier molecular flexibility index (Phi) is 8.18. The molecule has 0 aliphatic carbocycles. The molecule has 9 nitrogen and oxygen atoms in total. The molecule has 39 heavy (non-hydrogen) atoms. The van der Waals surface area contributed by atoms with Crippen LogP contribution in [0.5, 0.6) is 11.5 Å². The van der Waals surface area contributed by atoms with Crippen LogP contribution in [0.15, 0.2) is 60.2 Å². The van der Waals surface area contributed by atoms with Gasteiger partial charge in [-0.3, -0.25) is 19.7 Å². The van der Waals surface area contributed by atoms with Gasteiger partial charge in [-0.15, -0.1) is 0 Å². The lowest BCUT2D eigenvalue weighted by atomic mass is 10.1. The van der Waals surface area contributed by atoms with Crippen molar-refractivity contribution in [3.05, 3.63) is 87.2 Å². The van der Waals surface area contributed by atoms with Crippen LogP contribution in [0.4, 0.5) is 20.6 Å². The van der Waals surface area contributed by atoms with Crippen LogP contribution in [-0.2, 0) is 14.4 Å². The monoisotopic (exact) mass is 571 g/mol. The maximum Gasteiger partial charge on any atom is 0.335 e. The summed E-state index contributed by atoms with van der Waals surface area (Å²) in [4.78, 5) is 51.4. The van der Waals surface area contributed by atoms with Crippen LogP contribution in [0.1, 0.15) is 11.1 Å². The second kappa shape index (κ2) is 11.5. The number of hydrogen-bond donors (Lipinski definition) is 2. The SMILES string of the molecule is COc1cc(/C=C2/C(=O)NC(=O)N(c3cccc(Cl)c3C)C2=O)cc(Cl)c1OCC(=O)Nc1ccccc1F. The number of para-hydroxylation sites is 1. The molecule has 12 heteroatoms. The van der Waals surface area contributed by atoms with Gasteiger partial charge in [-0.05, 0) is 60.5 Å². The van der Waals surface area contributed by atoms with E-state index in [4.69, 9.17) is 32.7 Å². The smallest absolute Gasteiger partial charge is 0.335 e. The van der Waals surface area contributed by atoms with E-state index in [-0.39, 0.29) is 39.0 Å². The second-order valence-electron chi connectivity index (χ2n) is 8.19. The molecule has 0 saturated carbocycles. The van der Waals surface area contributed by atoms with Crippen molar-refractivity contribution >= 4 is 64.4 Å². The molecule has 1 saturated heterocycles. The van der Waals surface area contributed by atoms with Gasteiger partial charge in [0, 0.05) is 5.02 Å². The van der Waals surface area contributed by atoms with Gasteiger partial charge in [0.2, 0.25) is 0 Å². The number of anilines is 2. The Hall–Kier alpha value is -4.41. The van der Waals surface area contributed by atoms with Gasteiger partial charge >= 0.3 is 6.03 Å². The van der Waals surface area contributed by atoms with Crippen LogP contribution in [-0.4, -0.2) is 37.5 Å². The molecule has 0 atom stereocenters. The number of carbonyl (C=O) groups excluding carboxylic acids is 4. The van der Waals surface area contributed by atoms with Gasteiger partial charge in [0.25, 0.3) is 17.7 Å². The standard InChI is InChI=1S/C27H20Cl2FN3O6/c1-14-17(28)6-5-9-21(14)33-26(36)16(25(35)32-27(33)37)10-15-11-18(29)24(22(12-15)38-2)39-13-23(34)31-20-8-4-3-7-19(20)30/h3-12H,13H2,1-2H3,(H,31,34)(H,32,35,37)/b16-10-. The highest BCUT2D eigenvalue weighted by atomic mass is 35.5. The first-order valence-electron chi connectivity index (χ1n) is 11.3. The van der Waals surface area contributed by atoms with Crippen molar-refractivity contribution < 1.29 is 33.0 Å². The Morgan fingerprint density at radius 1 is 1.08 bits per heavy atom. The summed E-state index contributed by atoms with van der Waals surface area (Å²) in [6.07, 6.45) is 1.24. The highest BCUT2D eigenvalue weighted by Crippen LogP contribution is 2.37. The van der Waals surface area contributed by atoms with Crippen LogP contribution < -0.4 is 25.0 Å². The van der Waals surface area contributed by atoms with E-state index in [9.17, 15) is 23.6 Å². The van der Waals surface area contributed by atoms with E-state index < -0.39 is 36.2 Å². The lowest BCUT2D eigenvalue weighted by Crippen LogP contribution is -2.54. The molecule has 3 aromatic rings. The van der Waals surface area contributed by atoms with Crippen molar-refractivity contribution in [1.29, 1.82) is 0 Å². The molecule has 0 bridgehead atoms. The highest BCUT2D eigenvalue weighted by molar-refractivity contribution is 6.40. The summed E-state index contributed by atoms with van der Waals surface area (Å²) >= 11 is 12.5. The molecule has 4 rings (SSSR count). The number of benzene rings is 3. The molecule has 5 amide bonds. The molecule has 200 valence electrons. The van der Waals surface area contributed by atoms with Crippen molar-refractivity contribution in [2.75, 3.05) is 23.9 Å². The van der Waals surface area contributed by atoms with Crippen molar-refractivity contribution in [2.24, 2.45) is 0 Å². The fraction of sp³-hybridized carbons (Fsp3) is 0.111. The van der Waals surface area contributed by atoms with Gasteiger partial charge < -0.3 is 14.8 Å². The number of carbonyl (C=O) groups is 4. The predicted molar refractivity (Wildman–Crippen MR) is 144 cm³/mol. The predicted octanol–water partition coefficient (Wildman–Crippen LogP) is 5.13. The molecule has 0 aromatic heterocycles. The first-order chi connectivity index (χ1) is 18.6. The summed E-state index contributed by atoms with van der Waals surface area (Å²) in [5, 5.41) is 4.87. The number of ether oxygens (including phenoxy) is 2. The van der Waals surface area contributed by atoms with Crippen molar-refractivity contribution in [2.45, 2.75) is 6.92 Å². The Morgan fingerprint density at radius 2 is 1.82 bits per heavy atom. The fourth-order valence-electron chi connectivity index (χ4n) is 3.73. The second-order valence-corrected chi connectivity index (χ2v) is 9.01. The van der Waals surface area contributed by atoms with E-state index in [0.717, 1.165) is 4.90 Å². The number of methoxy groups -OCH3 is 1. The van der Waals surface area contributed by atoms with Gasteiger partial charge in [0.15, 0.2) is 18.1 Å². The zero-order valence-electron chi connectivity index (χ0n) is 20.5. The number of nitrogens with one attached hydrogen (secondary N) is 2. The van der Waals surface area contributed by atoms with Crippen LogP contribution in [0.3, 0.4) is 0 Å². The summed E-state index contributed by atoms with van der Waals surface area (Å²) < 4.78 is 24.6. The molecular weight excluding hydrogens is 552 g/mol. The number of barbiturate groups is 1. The van der Waals surface area contributed by atoms with Gasteiger partial charge in [-0.2, -0.15) is 0 Å². The minimum Gasteiger partial charge on any atom is -0.493 e. The molecule has 1 aliphatic rings. The summed E-state index contributed by atoms with van der Waals surface area (Å²) in [5.41, 5.74) is 0.612. The number of urea groups is 1. The number of halogens is 3. The van der Waals surface area contributed by atoms with Crippen LogP contribution in [0, 0.1) is 12.7 Å².